The Bertz CT molecular complexity index is 199. The molecule has 3 heteroatoms. The molecule has 0 saturated heterocycles. The second-order valence-corrected chi connectivity index (χ2v) is 5.26. The molecule has 0 spiro atoms. The van der Waals surface area contributed by atoms with Gasteiger partial charge in [-0.05, 0) is 26.3 Å². The first-order chi connectivity index (χ1) is 8.20. The van der Waals surface area contributed by atoms with Crippen LogP contribution in [-0.4, -0.2) is 48.5 Å². The summed E-state index contributed by atoms with van der Waals surface area (Å²) >= 11 is 0. The van der Waals surface area contributed by atoms with E-state index in [-0.39, 0.29) is 6.10 Å². The zero-order chi connectivity index (χ0) is 12.7. The molecule has 1 aliphatic carbocycles. The summed E-state index contributed by atoms with van der Waals surface area (Å²) in [6, 6.07) is 0.717. The standard InChI is InChI=1S/C14H29NO2/c1-4-15(12(2)11-17-3)13-9-7-5-6-8-10-14(13)16/h12-14,16H,4-11H2,1-3H3. The SMILES string of the molecule is CCN(C(C)COC)C1CCCCCCC1O. The van der Waals surface area contributed by atoms with E-state index in [9.17, 15) is 5.11 Å². The number of aliphatic hydroxyl groups excluding tert-OH is 1. The average molecular weight is 243 g/mol. The van der Waals surface area contributed by atoms with Gasteiger partial charge < -0.3 is 9.84 Å². The van der Waals surface area contributed by atoms with Crippen LogP contribution in [0.2, 0.25) is 0 Å². The minimum Gasteiger partial charge on any atom is -0.391 e. The minimum absolute atomic E-state index is 0.158. The van der Waals surface area contributed by atoms with Crippen molar-refractivity contribution in [3.63, 3.8) is 0 Å². The third-order valence-corrected chi connectivity index (χ3v) is 3.96. The van der Waals surface area contributed by atoms with Gasteiger partial charge in [0, 0.05) is 19.2 Å². The zero-order valence-corrected chi connectivity index (χ0v) is 11.7. The van der Waals surface area contributed by atoms with E-state index in [1.165, 1.54) is 25.7 Å². The van der Waals surface area contributed by atoms with Crippen LogP contribution in [0, 0.1) is 0 Å². The largest absolute Gasteiger partial charge is 0.391 e. The monoisotopic (exact) mass is 243 g/mol. The Morgan fingerprint density at radius 1 is 1.24 bits per heavy atom. The molecule has 0 bridgehead atoms. The summed E-state index contributed by atoms with van der Waals surface area (Å²) in [6.45, 7) is 6.11. The van der Waals surface area contributed by atoms with Crippen LogP contribution in [0.4, 0.5) is 0 Å². The van der Waals surface area contributed by atoms with Gasteiger partial charge in [-0.1, -0.05) is 32.6 Å². The highest BCUT2D eigenvalue weighted by Gasteiger charge is 2.28. The summed E-state index contributed by atoms with van der Waals surface area (Å²) in [7, 11) is 1.75. The molecule has 102 valence electrons. The maximum Gasteiger partial charge on any atom is 0.0695 e. The fourth-order valence-corrected chi connectivity index (χ4v) is 3.04. The summed E-state index contributed by atoms with van der Waals surface area (Å²) in [4.78, 5) is 2.42. The molecule has 1 saturated carbocycles. The first kappa shape index (κ1) is 14.9. The summed E-state index contributed by atoms with van der Waals surface area (Å²) in [5.74, 6) is 0. The van der Waals surface area contributed by atoms with Gasteiger partial charge in [0.25, 0.3) is 0 Å². The second kappa shape index (κ2) is 8.06. The molecule has 0 aliphatic heterocycles. The van der Waals surface area contributed by atoms with Crippen molar-refractivity contribution >= 4 is 0 Å². The van der Waals surface area contributed by atoms with Crippen molar-refractivity contribution in [3.05, 3.63) is 0 Å². The quantitative estimate of drug-likeness (QED) is 0.805. The third kappa shape index (κ3) is 4.57. The topological polar surface area (TPSA) is 32.7 Å². The lowest BCUT2D eigenvalue weighted by Crippen LogP contribution is -2.49. The summed E-state index contributed by atoms with van der Waals surface area (Å²) in [5, 5.41) is 10.3. The molecule has 0 amide bonds. The Morgan fingerprint density at radius 2 is 1.88 bits per heavy atom. The average Bonchev–Trinajstić information content (AvgIpc) is 2.29. The molecule has 1 fully saturated rings. The lowest BCUT2D eigenvalue weighted by Gasteiger charge is -2.39. The predicted octanol–water partition coefficient (Wildman–Crippen LogP) is 2.43. The van der Waals surface area contributed by atoms with E-state index in [1.54, 1.807) is 7.11 Å². The molecule has 0 aromatic carbocycles. The molecular formula is C14H29NO2. The van der Waals surface area contributed by atoms with Gasteiger partial charge in [0.1, 0.15) is 0 Å². The van der Waals surface area contributed by atoms with Gasteiger partial charge in [-0.2, -0.15) is 0 Å². The minimum atomic E-state index is -0.158. The van der Waals surface area contributed by atoms with Crippen molar-refractivity contribution in [2.45, 2.75) is 70.6 Å². The van der Waals surface area contributed by atoms with E-state index < -0.39 is 0 Å². The van der Waals surface area contributed by atoms with Crippen molar-refractivity contribution in [1.29, 1.82) is 0 Å². The lowest BCUT2D eigenvalue weighted by molar-refractivity contribution is -0.00405. The fraction of sp³-hybridized carbons (Fsp3) is 1.00. The van der Waals surface area contributed by atoms with E-state index >= 15 is 0 Å². The van der Waals surface area contributed by atoms with Crippen LogP contribution in [0.1, 0.15) is 52.4 Å². The number of nitrogens with zero attached hydrogens (tertiary/aromatic N) is 1. The maximum atomic E-state index is 10.3. The summed E-state index contributed by atoms with van der Waals surface area (Å²) < 4.78 is 5.25. The fourth-order valence-electron chi connectivity index (χ4n) is 3.04. The molecule has 3 nitrogen and oxygen atoms in total. The van der Waals surface area contributed by atoms with Crippen LogP contribution >= 0.6 is 0 Å². The van der Waals surface area contributed by atoms with Crippen molar-refractivity contribution in [2.75, 3.05) is 20.3 Å². The number of ether oxygens (including phenoxy) is 1. The van der Waals surface area contributed by atoms with Gasteiger partial charge in [0.2, 0.25) is 0 Å². The number of aliphatic hydroxyl groups is 1. The highest BCUT2D eigenvalue weighted by molar-refractivity contribution is 4.83. The van der Waals surface area contributed by atoms with Crippen molar-refractivity contribution in [2.24, 2.45) is 0 Å². The first-order valence-corrected chi connectivity index (χ1v) is 7.13. The first-order valence-electron chi connectivity index (χ1n) is 7.13. The van der Waals surface area contributed by atoms with Crippen LogP contribution in [0.15, 0.2) is 0 Å². The number of methoxy groups -OCH3 is 1. The normalized spacial score (nSPS) is 28.8. The summed E-state index contributed by atoms with van der Waals surface area (Å²) in [5.41, 5.74) is 0. The number of rotatable bonds is 5. The van der Waals surface area contributed by atoms with Gasteiger partial charge in [-0.25, -0.2) is 0 Å². The molecule has 0 aromatic rings. The second-order valence-electron chi connectivity index (χ2n) is 5.26. The Kier molecular flexibility index (Phi) is 7.09. The van der Waals surface area contributed by atoms with Gasteiger partial charge in [-0.3, -0.25) is 4.90 Å². The molecular weight excluding hydrogens is 214 g/mol. The molecule has 0 radical (unpaired) electrons. The predicted molar refractivity (Wildman–Crippen MR) is 71.2 cm³/mol. The lowest BCUT2D eigenvalue weighted by atomic mass is 9.92. The van der Waals surface area contributed by atoms with Crippen molar-refractivity contribution in [3.8, 4) is 0 Å². The molecule has 1 aliphatic rings. The Labute approximate surface area is 106 Å². The van der Waals surface area contributed by atoms with E-state index in [4.69, 9.17) is 4.74 Å². The van der Waals surface area contributed by atoms with Crippen LogP contribution in [-0.2, 0) is 4.74 Å². The van der Waals surface area contributed by atoms with E-state index in [0.717, 1.165) is 26.0 Å². The van der Waals surface area contributed by atoms with Gasteiger partial charge >= 0.3 is 0 Å². The molecule has 1 rings (SSSR count). The molecule has 3 atom stereocenters. The van der Waals surface area contributed by atoms with E-state index in [1.807, 2.05) is 0 Å². The number of hydrogen-bond acceptors (Lipinski definition) is 3. The van der Waals surface area contributed by atoms with Crippen LogP contribution < -0.4 is 0 Å². The number of likely N-dealkylation sites (N-methyl/N-ethyl adjacent to an activating group) is 1. The highest BCUT2D eigenvalue weighted by atomic mass is 16.5. The van der Waals surface area contributed by atoms with Crippen LogP contribution in [0.5, 0.6) is 0 Å². The molecule has 17 heavy (non-hydrogen) atoms. The summed E-state index contributed by atoms with van der Waals surface area (Å²) in [6.07, 6.45) is 6.95. The molecule has 1 N–H and O–H groups in total. The van der Waals surface area contributed by atoms with Crippen LogP contribution in [0.25, 0.3) is 0 Å². The maximum absolute atomic E-state index is 10.3. The Morgan fingerprint density at radius 3 is 2.47 bits per heavy atom. The van der Waals surface area contributed by atoms with Crippen molar-refractivity contribution in [1.82, 2.24) is 4.90 Å². The van der Waals surface area contributed by atoms with Gasteiger partial charge in [-0.15, -0.1) is 0 Å². The Balaban J connectivity index is 2.61. The van der Waals surface area contributed by atoms with Crippen molar-refractivity contribution < 1.29 is 9.84 Å². The third-order valence-electron chi connectivity index (χ3n) is 3.96. The van der Waals surface area contributed by atoms with E-state index in [2.05, 4.69) is 18.7 Å². The smallest absolute Gasteiger partial charge is 0.0695 e. The van der Waals surface area contributed by atoms with E-state index in [0.29, 0.717) is 12.1 Å². The highest BCUT2D eigenvalue weighted by Crippen LogP contribution is 2.23. The zero-order valence-electron chi connectivity index (χ0n) is 11.7. The molecule has 3 unspecified atom stereocenters. The molecule has 0 heterocycles. The van der Waals surface area contributed by atoms with Gasteiger partial charge in [0.15, 0.2) is 0 Å². The Hall–Kier alpha value is -0.120. The molecule has 0 aromatic heterocycles. The van der Waals surface area contributed by atoms with Gasteiger partial charge in [0.05, 0.1) is 12.7 Å². The van der Waals surface area contributed by atoms with Crippen LogP contribution in [0.3, 0.4) is 0 Å². The number of hydrogen-bond donors (Lipinski definition) is 1.